The normalized spacial score (nSPS) is 10.5. The summed E-state index contributed by atoms with van der Waals surface area (Å²) in [5.41, 5.74) is 0.855. The molecule has 0 aromatic heterocycles. The van der Waals surface area contributed by atoms with Gasteiger partial charge in [-0.25, -0.2) is 8.42 Å². The maximum atomic E-state index is 12.5. The van der Waals surface area contributed by atoms with Crippen LogP contribution in [0.2, 0.25) is 0 Å². The number of benzene rings is 2. The van der Waals surface area contributed by atoms with E-state index in [9.17, 15) is 13.2 Å². The van der Waals surface area contributed by atoms with Crippen molar-refractivity contribution in [1.82, 2.24) is 0 Å². The molecule has 0 aliphatic heterocycles. The Labute approximate surface area is 139 Å². The first-order valence-corrected chi connectivity index (χ1v) is 8.32. The summed E-state index contributed by atoms with van der Waals surface area (Å²) in [4.78, 5) is 11.2. The lowest BCUT2D eigenvalue weighted by molar-refractivity contribution is -0.114. The molecule has 0 spiro atoms. The van der Waals surface area contributed by atoms with Crippen molar-refractivity contribution in [3.8, 4) is 11.8 Å². The molecule has 2 rings (SSSR count). The zero-order valence-electron chi connectivity index (χ0n) is 13.0. The molecule has 0 aliphatic carbocycles. The van der Waals surface area contributed by atoms with Crippen LogP contribution in [0.5, 0.6) is 5.75 Å². The van der Waals surface area contributed by atoms with Crippen molar-refractivity contribution in [2.45, 2.75) is 11.8 Å². The van der Waals surface area contributed by atoms with E-state index in [0.29, 0.717) is 11.3 Å². The number of nitrogens with zero attached hydrogens (tertiary/aromatic N) is 1. The standard InChI is InChI=1S/C16H15N3O4S/c1-11(20)18-15-9-14(6-7-16(15)23-2)24(21,22)19-13-5-3-4-12(8-13)10-17/h3-9,19H,1-2H3,(H,18,20). The summed E-state index contributed by atoms with van der Waals surface area (Å²) in [7, 11) is -2.47. The highest BCUT2D eigenvalue weighted by molar-refractivity contribution is 7.92. The second kappa shape index (κ2) is 7.02. The monoisotopic (exact) mass is 345 g/mol. The molecule has 0 radical (unpaired) electrons. The van der Waals surface area contributed by atoms with E-state index in [1.807, 2.05) is 6.07 Å². The summed E-state index contributed by atoms with van der Waals surface area (Å²) in [6.45, 7) is 1.31. The van der Waals surface area contributed by atoms with E-state index < -0.39 is 10.0 Å². The number of nitrogens with one attached hydrogen (secondary N) is 2. The predicted molar refractivity (Wildman–Crippen MR) is 89.3 cm³/mol. The molecule has 0 saturated carbocycles. The van der Waals surface area contributed by atoms with Gasteiger partial charge in [0.1, 0.15) is 5.75 Å². The van der Waals surface area contributed by atoms with Gasteiger partial charge in [0.2, 0.25) is 5.91 Å². The van der Waals surface area contributed by atoms with Crippen LogP contribution < -0.4 is 14.8 Å². The minimum Gasteiger partial charge on any atom is -0.495 e. The smallest absolute Gasteiger partial charge is 0.261 e. The Morgan fingerprint density at radius 1 is 1.21 bits per heavy atom. The van der Waals surface area contributed by atoms with Crippen LogP contribution >= 0.6 is 0 Å². The highest BCUT2D eigenvalue weighted by Crippen LogP contribution is 2.28. The molecule has 124 valence electrons. The van der Waals surface area contributed by atoms with Crippen molar-refractivity contribution in [3.63, 3.8) is 0 Å². The minimum atomic E-state index is -3.89. The average molecular weight is 345 g/mol. The van der Waals surface area contributed by atoms with E-state index >= 15 is 0 Å². The molecule has 2 aromatic carbocycles. The van der Waals surface area contributed by atoms with Crippen LogP contribution in [-0.2, 0) is 14.8 Å². The van der Waals surface area contributed by atoms with Gasteiger partial charge in [0, 0.05) is 6.92 Å². The lowest BCUT2D eigenvalue weighted by Gasteiger charge is -2.12. The summed E-state index contributed by atoms with van der Waals surface area (Å²) in [5, 5.41) is 11.4. The predicted octanol–water partition coefficient (Wildman–Crippen LogP) is 2.33. The summed E-state index contributed by atoms with van der Waals surface area (Å²) in [6.07, 6.45) is 0. The van der Waals surface area contributed by atoms with E-state index in [1.165, 1.54) is 44.4 Å². The quantitative estimate of drug-likeness (QED) is 0.864. The zero-order chi connectivity index (χ0) is 17.7. The Bertz CT molecular complexity index is 917. The number of carbonyl (C=O) groups is 1. The van der Waals surface area contributed by atoms with Crippen LogP contribution in [0.25, 0.3) is 0 Å². The third kappa shape index (κ3) is 4.02. The molecular formula is C16H15N3O4S. The van der Waals surface area contributed by atoms with Crippen LogP contribution in [0.15, 0.2) is 47.4 Å². The van der Waals surface area contributed by atoms with Gasteiger partial charge in [0.25, 0.3) is 10.0 Å². The third-order valence-electron chi connectivity index (χ3n) is 3.04. The Hall–Kier alpha value is -3.05. The molecule has 8 heteroatoms. The molecule has 2 aromatic rings. The molecule has 0 aliphatic rings. The van der Waals surface area contributed by atoms with E-state index in [0.717, 1.165) is 0 Å². The summed E-state index contributed by atoms with van der Waals surface area (Å²) in [5.74, 6) is -0.00634. The molecular weight excluding hydrogens is 330 g/mol. The van der Waals surface area contributed by atoms with Crippen LogP contribution in [0.1, 0.15) is 12.5 Å². The number of hydrogen-bond donors (Lipinski definition) is 2. The van der Waals surface area contributed by atoms with Crippen molar-refractivity contribution in [2.75, 3.05) is 17.1 Å². The molecule has 7 nitrogen and oxygen atoms in total. The van der Waals surface area contributed by atoms with Gasteiger partial charge in [-0.15, -0.1) is 0 Å². The Morgan fingerprint density at radius 2 is 1.96 bits per heavy atom. The van der Waals surface area contributed by atoms with Crippen LogP contribution in [0.4, 0.5) is 11.4 Å². The zero-order valence-corrected chi connectivity index (χ0v) is 13.8. The lowest BCUT2D eigenvalue weighted by Crippen LogP contribution is -2.14. The number of nitriles is 1. The Balaban J connectivity index is 2.38. The SMILES string of the molecule is COc1ccc(S(=O)(=O)Nc2cccc(C#N)c2)cc1NC(C)=O. The molecule has 0 saturated heterocycles. The van der Waals surface area contributed by atoms with Gasteiger partial charge >= 0.3 is 0 Å². The fraction of sp³-hybridized carbons (Fsp3) is 0.125. The number of amides is 1. The average Bonchev–Trinajstić information content (AvgIpc) is 2.54. The molecule has 24 heavy (non-hydrogen) atoms. The van der Waals surface area contributed by atoms with Gasteiger partial charge in [0.15, 0.2) is 0 Å². The summed E-state index contributed by atoms with van der Waals surface area (Å²) >= 11 is 0. The molecule has 0 heterocycles. The van der Waals surface area contributed by atoms with E-state index in [2.05, 4.69) is 10.0 Å². The number of sulfonamides is 1. The van der Waals surface area contributed by atoms with Gasteiger partial charge in [0.05, 0.1) is 35.0 Å². The first-order valence-electron chi connectivity index (χ1n) is 6.84. The van der Waals surface area contributed by atoms with Gasteiger partial charge in [-0.1, -0.05) is 6.07 Å². The van der Waals surface area contributed by atoms with Crippen LogP contribution in [-0.4, -0.2) is 21.4 Å². The number of ether oxygens (including phenoxy) is 1. The maximum absolute atomic E-state index is 12.5. The number of rotatable bonds is 5. The molecule has 1 amide bonds. The van der Waals surface area contributed by atoms with Crippen molar-refractivity contribution in [2.24, 2.45) is 0 Å². The number of anilines is 2. The Kier molecular flexibility index (Phi) is 5.06. The van der Waals surface area contributed by atoms with Crippen molar-refractivity contribution < 1.29 is 17.9 Å². The second-order valence-electron chi connectivity index (χ2n) is 4.84. The first kappa shape index (κ1) is 17.3. The fourth-order valence-electron chi connectivity index (χ4n) is 2.01. The van der Waals surface area contributed by atoms with E-state index in [-0.39, 0.29) is 22.2 Å². The minimum absolute atomic E-state index is 0.0468. The van der Waals surface area contributed by atoms with Crippen molar-refractivity contribution in [3.05, 3.63) is 48.0 Å². The molecule has 0 fully saturated rings. The number of methoxy groups -OCH3 is 1. The maximum Gasteiger partial charge on any atom is 0.261 e. The summed E-state index contributed by atoms with van der Waals surface area (Å²) < 4.78 is 32.5. The topological polar surface area (TPSA) is 108 Å². The molecule has 2 N–H and O–H groups in total. The number of carbonyl (C=O) groups excluding carboxylic acids is 1. The first-order chi connectivity index (χ1) is 11.4. The van der Waals surface area contributed by atoms with Crippen molar-refractivity contribution >= 4 is 27.3 Å². The molecule has 0 bridgehead atoms. The van der Waals surface area contributed by atoms with Gasteiger partial charge in [-0.2, -0.15) is 5.26 Å². The van der Waals surface area contributed by atoms with Gasteiger partial charge in [-0.3, -0.25) is 9.52 Å². The summed E-state index contributed by atoms with van der Waals surface area (Å²) in [6, 6.07) is 12.2. The lowest BCUT2D eigenvalue weighted by atomic mass is 10.2. The third-order valence-corrected chi connectivity index (χ3v) is 4.41. The van der Waals surface area contributed by atoms with Crippen LogP contribution in [0.3, 0.4) is 0 Å². The molecule has 0 unspecified atom stereocenters. The van der Waals surface area contributed by atoms with Crippen LogP contribution in [0, 0.1) is 11.3 Å². The second-order valence-corrected chi connectivity index (χ2v) is 6.52. The highest BCUT2D eigenvalue weighted by atomic mass is 32.2. The van der Waals surface area contributed by atoms with Gasteiger partial charge in [-0.05, 0) is 36.4 Å². The van der Waals surface area contributed by atoms with Gasteiger partial charge < -0.3 is 10.1 Å². The Morgan fingerprint density at radius 3 is 2.58 bits per heavy atom. The van der Waals surface area contributed by atoms with E-state index in [4.69, 9.17) is 10.00 Å². The molecule has 0 atom stereocenters. The van der Waals surface area contributed by atoms with Crippen molar-refractivity contribution in [1.29, 1.82) is 5.26 Å². The number of hydrogen-bond acceptors (Lipinski definition) is 5. The highest BCUT2D eigenvalue weighted by Gasteiger charge is 2.17. The fourth-order valence-corrected chi connectivity index (χ4v) is 3.08. The largest absolute Gasteiger partial charge is 0.495 e. The van der Waals surface area contributed by atoms with E-state index in [1.54, 1.807) is 12.1 Å².